The molecule has 0 saturated carbocycles. The van der Waals surface area contributed by atoms with E-state index in [1.165, 1.54) is 0 Å². The Morgan fingerprint density at radius 1 is 1.17 bits per heavy atom. The van der Waals surface area contributed by atoms with Crippen molar-refractivity contribution in [2.75, 3.05) is 19.0 Å². The minimum absolute atomic E-state index is 0.0803. The third-order valence-electron chi connectivity index (χ3n) is 4.11. The van der Waals surface area contributed by atoms with Crippen LogP contribution < -0.4 is 14.8 Å². The van der Waals surface area contributed by atoms with Crippen LogP contribution in [0.25, 0.3) is 11.4 Å². The van der Waals surface area contributed by atoms with Crippen molar-refractivity contribution in [3.8, 4) is 22.9 Å². The van der Waals surface area contributed by atoms with Crippen LogP contribution in [-0.2, 0) is 11.2 Å². The lowest BCUT2D eigenvalue weighted by Crippen LogP contribution is -2.11. The van der Waals surface area contributed by atoms with Gasteiger partial charge >= 0.3 is 0 Å². The monoisotopic (exact) mass is 415 g/mol. The van der Waals surface area contributed by atoms with Crippen molar-refractivity contribution in [3.05, 3.63) is 53.4 Å². The van der Waals surface area contributed by atoms with Gasteiger partial charge in [-0.25, -0.2) is 0 Å². The molecule has 0 aliphatic carbocycles. The molecule has 3 aromatic rings. The SMILES string of the molecule is CCOc1ccc(-c2noc(CCCC(=O)Nc3ccc(Cl)cc3)n2)cc1OC. The number of nitrogens with one attached hydrogen (secondary N) is 1. The molecule has 1 amide bonds. The third kappa shape index (κ3) is 5.71. The van der Waals surface area contributed by atoms with Gasteiger partial charge in [-0.15, -0.1) is 0 Å². The zero-order chi connectivity index (χ0) is 20.6. The van der Waals surface area contributed by atoms with Gasteiger partial charge < -0.3 is 19.3 Å². The van der Waals surface area contributed by atoms with Gasteiger partial charge in [0.25, 0.3) is 0 Å². The van der Waals surface area contributed by atoms with Gasteiger partial charge in [0.05, 0.1) is 13.7 Å². The summed E-state index contributed by atoms with van der Waals surface area (Å²) in [5.41, 5.74) is 1.48. The van der Waals surface area contributed by atoms with E-state index in [0.29, 0.717) is 59.8 Å². The predicted octanol–water partition coefficient (Wildman–Crippen LogP) is 4.76. The number of carbonyl (C=O) groups is 1. The number of ether oxygens (including phenoxy) is 2. The Morgan fingerprint density at radius 2 is 1.97 bits per heavy atom. The predicted molar refractivity (Wildman–Crippen MR) is 110 cm³/mol. The van der Waals surface area contributed by atoms with Crippen LogP contribution >= 0.6 is 11.6 Å². The molecule has 0 unspecified atom stereocenters. The summed E-state index contributed by atoms with van der Waals surface area (Å²) in [7, 11) is 1.58. The molecule has 1 N–H and O–H groups in total. The maximum Gasteiger partial charge on any atom is 0.226 e. The third-order valence-corrected chi connectivity index (χ3v) is 4.36. The summed E-state index contributed by atoms with van der Waals surface area (Å²) in [6.45, 7) is 2.46. The maximum absolute atomic E-state index is 12.0. The Kier molecular flexibility index (Phi) is 7.08. The van der Waals surface area contributed by atoms with Gasteiger partial charge in [0.2, 0.25) is 17.6 Å². The molecule has 29 heavy (non-hydrogen) atoms. The highest BCUT2D eigenvalue weighted by molar-refractivity contribution is 6.30. The first-order chi connectivity index (χ1) is 14.1. The van der Waals surface area contributed by atoms with E-state index in [4.69, 9.17) is 25.6 Å². The minimum Gasteiger partial charge on any atom is -0.493 e. The molecule has 0 fully saturated rings. The highest BCUT2D eigenvalue weighted by atomic mass is 35.5. The number of aromatic nitrogens is 2. The van der Waals surface area contributed by atoms with Crippen LogP contribution in [0.4, 0.5) is 5.69 Å². The molecule has 0 aliphatic heterocycles. The second-order valence-corrected chi connectivity index (χ2v) is 6.66. The van der Waals surface area contributed by atoms with Gasteiger partial charge in [-0.1, -0.05) is 16.8 Å². The van der Waals surface area contributed by atoms with Gasteiger partial charge in [0.1, 0.15) is 0 Å². The summed E-state index contributed by atoms with van der Waals surface area (Å²) in [5.74, 6) is 2.13. The fourth-order valence-electron chi connectivity index (χ4n) is 2.71. The number of carbonyl (C=O) groups excluding carboxylic acids is 1. The van der Waals surface area contributed by atoms with Crippen LogP contribution in [0.1, 0.15) is 25.7 Å². The fraction of sp³-hybridized carbons (Fsp3) is 0.286. The van der Waals surface area contributed by atoms with Gasteiger partial charge in [-0.3, -0.25) is 4.79 Å². The van der Waals surface area contributed by atoms with E-state index in [2.05, 4.69) is 15.5 Å². The summed E-state index contributed by atoms with van der Waals surface area (Å²) >= 11 is 5.84. The van der Waals surface area contributed by atoms with Crippen molar-refractivity contribution >= 4 is 23.2 Å². The average Bonchev–Trinajstić information content (AvgIpc) is 3.19. The van der Waals surface area contributed by atoms with Crippen molar-refractivity contribution in [2.45, 2.75) is 26.2 Å². The van der Waals surface area contributed by atoms with Gasteiger partial charge in [-0.2, -0.15) is 4.98 Å². The van der Waals surface area contributed by atoms with Crippen molar-refractivity contribution in [1.82, 2.24) is 10.1 Å². The van der Waals surface area contributed by atoms with E-state index >= 15 is 0 Å². The van der Waals surface area contributed by atoms with Crippen LogP contribution in [-0.4, -0.2) is 29.8 Å². The van der Waals surface area contributed by atoms with E-state index in [9.17, 15) is 4.79 Å². The number of halogens is 1. The van der Waals surface area contributed by atoms with E-state index in [-0.39, 0.29) is 5.91 Å². The molecule has 7 nitrogen and oxygen atoms in total. The summed E-state index contributed by atoms with van der Waals surface area (Å²) in [4.78, 5) is 16.4. The van der Waals surface area contributed by atoms with Crippen LogP contribution in [0.15, 0.2) is 47.0 Å². The van der Waals surface area contributed by atoms with Crippen molar-refractivity contribution in [3.63, 3.8) is 0 Å². The van der Waals surface area contributed by atoms with Crippen LogP contribution in [0.5, 0.6) is 11.5 Å². The highest BCUT2D eigenvalue weighted by Crippen LogP contribution is 2.31. The molecule has 0 spiro atoms. The molecule has 8 heteroatoms. The Hall–Kier alpha value is -3.06. The molecule has 0 radical (unpaired) electrons. The van der Waals surface area contributed by atoms with Crippen molar-refractivity contribution in [2.24, 2.45) is 0 Å². The van der Waals surface area contributed by atoms with Gasteiger partial charge in [0.15, 0.2) is 11.5 Å². The van der Waals surface area contributed by atoms with Crippen LogP contribution in [0.2, 0.25) is 5.02 Å². The molecule has 0 saturated heterocycles. The quantitative estimate of drug-likeness (QED) is 0.542. The normalized spacial score (nSPS) is 10.6. The van der Waals surface area contributed by atoms with E-state index in [1.807, 2.05) is 19.1 Å². The molecule has 152 valence electrons. The molecule has 1 aromatic heterocycles. The molecule has 3 rings (SSSR count). The molecule has 2 aromatic carbocycles. The smallest absolute Gasteiger partial charge is 0.226 e. The number of benzene rings is 2. The number of hydrogen-bond acceptors (Lipinski definition) is 6. The second kappa shape index (κ2) is 9.93. The number of amides is 1. The van der Waals surface area contributed by atoms with Crippen molar-refractivity contribution < 1.29 is 18.8 Å². The molecule has 0 bridgehead atoms. The lowest BCUT2D eigenvalue weighted by Gasteiger charge is -2.09. The minimum atomic E-state index is -0.0803. The molecule has 0 atom stereocenters. The average molecular weight is 416 g/mol. The number of methoxy groups -OCH3 is 1. The molecular formula is C21H22ClN3O4. The summed E-state index contributed by atoms with van der Waals surface area (Å²) < 4.78 is 16.2. The fourth-order valence-corrected chi connectivity index (χ4v) is 2.84. The highest BCUT2D eigenvalue weighted by Gasteiger charge is 2.13. The van der Waals surface area contributed by atoms with E-state index in [0.717, 1.165) is 5.56 Å². The van der Waals surface area contributed by atoms with Crippen LogP contribution in [0, 0.1) is 0 Å². The number of anilines is 1. The second-order valence-electron chi connectivity index (χ2n) is 6.22. The summed E-state index contributed by atoms with van der Waals surface area (Å²) in [5, 5.41) is 7.47. The number of aryl methyl sites for hydroxylation is 1. The van der Waals surface area contributed by atoms with Crippen LogP contribution in [0.3, 0.4) is 0 Å². The maximum atomic E-state index is 12.0. The zero-order valence-electron chi connectivity index (χ0n) is 16.3. The number of rotatable bonds is 9. The molecule has 1 heterocycles. The standard InChI is InChI=1S/C21H22ClN3O4/c1-3-28-17-12-7-14(13-18(17)27-2)21-24-20(29-25-21)6-4-5-19(26)23-16-10-8-15(22)9-11-16/h7-13H,3-6H2,1-2H3,(H,23,26). The number of hydrogen-bond donors (Lipinski definition) is 1. The summed E-state index contributed by atoms with van der Waals surface area (Å²) in [6, 6.07) is 12.4. The zero-order valence-corrected chi connectivity index (χ0v) is 17.0. The van der Waals surface area contributed by atoms with Gasteiger partial charge in [0, 0.05) is 29.1 Å². The number of nitrogens with zero attached hydrogens (tertiary/aromatic N) is 2. The topological polar surface area (TPSA) is 86.5 Å². The first-order valence-electron chi connectivity index (χ1n) is 9.28. The Bertz CT molecular complexity index is 957. The largest absolute Gasteiger partial charge is 0.493 e. The lowest BCUT2D eigenvalue weighted by molar-refractivity contribution is -0.116. The lowest BCUT2D eigenvalue weighted by atomic mass is 10.2. The van der Waals surface area contributed by atoms with Crippen molar-refractivity contribution in [1.29, 1.82) is 0 Å². The van der Waals surface area contributed by atoms with E-state index in [1.54, 1.807) is 37.4 Å². The molecule has 0 aliphatic rings. The van der Waals surface area contributed by atoms with E-state index < -0.39 is 0 Å². The Labute approximate surface area is 174 Å². The first kappa shape index (κ1) is 20.7. The Balaban J connectivity index is 1.54. The molecular weight excluding hydrogens is 394 g/mol. The summed E-state index contributed by atoms with van der Waals surface area (Å²) in [6.07, 6.45) is 1.44. The van der Waals surface area contributed by atoms with Gasteiger partial charge in [-0.05, 0) is 55.8 Å². The first-order valence-corrected chi connectivity index (χ1v) is 9.66. The Morgan fingerprint density at radius 3 is 2.69 bits per heavy atom.